The molecule has 122 valence electrons. The summed E-state index contributed by atoms with van der Waals surface area (Å²) in [7, 11) is 0. The Balaban J connectivity index is 0.00000400. The molecule has 0 aliphatic carbocycles. The van der Waals surface area contributed by atoms with Crippen LogP contribution in [0.25, 0.3) is 0 Å². The highest BCUT2D eigenvalue weighted by Gasteiger charge is 2.44. The third kappa shape index (κ3) is 5.68. The van der Waals surface area contributed by atoms with Crippen LogP contribution in [0.2, 0.25) is 0 Å². The summed E-state index contributed by atoms with van der Waals surface area (Å²) in [5.74, 6) is -0.424. The Morgan fingerprint density at radius 2 is 1.95 bits per heavy atom. The van der Waals surface area contributed by atoms with Gasteiger partial charge in [0.2, 0.25) is 0 Å². The second-order valence-corrected chi connectivity index (χ2v) is 4.42. The minimum atomic E-state index is -4.56. The Labute approximate surface area is 126 Å². The van der Waals surface area contributed by atoms with Gasteiger partial charge in [0.25, 0.3) is 0 Å². The van der Waals surface area contributed by atoms with Gasteiger partial charge in [0.1, 0.15) is 5.75 Å². The van der Waals surface area contributed by atoms with Crippen LogP contribution >= 0.6 is 12.4 Å². The number of aliphatic hydroxyl groups is 1. The molecule has 3 N–H and O–H groups in total. The largest absolute Gasteiger partial charge is 0.461 e. The molecule has 0 unspecified atom stereocenters. The molecule has 8 heteroatoms. The van der Waals surface area contributed by atoms with Gasteiger partial charge in [-0.25, -0.2) is 0 Å². The molecule has 0 fully saturated rings. The van der Waals surface area contributed by atoms with Gasteiger partial charge >= 0.3 is 12.5 Å². The van der Waals surface area contributed by atoms with Crippen LogP contribution in [0.4, 0.5) is 17.6 Å². The quantitative estimate of drug-likeness (QED) is 0.752. The molecule has 1 aromatic carbocycles. The highest BCUT2D eigenvalue weighted by atomic mass is 35.5. The normalized spacial score (nSPS) is 14.5. The maximum atomic E-state index is 12.8. The van der Waals surface area contributed by atoms with Crippen LogP contribution in [0.15, 0.2) is 24.3 Å². The molecular formula is C13H18ClF4NO2. The minimum Gasteiger partial charge on any atom is -0.428 e. The van der Waals surface area contributed by atoms with Crippen molar-refractivity contribution in [1.82, 2.24) is 0 Å². The molecule has 2 atom stereocenters. The van der Waals surface area contributed by atoms with E-state index in [-0.39, 0.29) is 12.4 Å². The molecule has 1 rings (SSSR count). The van der Waals surface area contributed by atoms with Crippen LogP contribution < -0.4 is 10.5 Å². The van der Waals surface area contributed by atoms with Gasteiger partial charge < -0.3 is 15.6 Å². The third-order valence-electron chi connectivity index (χ3n) is 2.75. The first-order chi connectivity index (χ1) is 9.27. The fraction of sp³-hybridized carbons (Fsp3) is 0.538. The minimum absolute atomic E-state index is 0. The number of alkyl halides is 4. The molecule has 0 aliphatic rings. The lowest BCUT2D eigenvalue weighted by Gasteiger charge is -2.21. The lowest BCUT2D eigenvalue weighted by molar-refractivity contribution is -0.253. The highest BCUT2D eigenvalue weighted by Crippen LogP contribution is 2.29. The van der Waals surface area contributed by atoms with Crippen molar-refractivity contribution in [3.05, 3.63) is 29.8 Å². The molecule has 21 heavy (non-hydrogen) atoms. The molecule has 0 heterocycles. The summed E-state index contributed by atoms with van der Waals surface area (Å²) in [4.78, 5) is 0. The molecule has 0 amide bonds. The van der Waals surface area contributed by atoms with Crippen LogP contribution in [0.3, 0.4) is 0 Å². The van der Waals surface area contributed by atoms with Crippen molar-refractivity contribution in [1.29, 1.82) is 0 Å². The maximum absolute atomic E-state index is 12.8. The van der Waals surface area contributed by atoms with E-state index in [1.165, 1.54) is 12.1 Å². The summed E-state index contributed by atoms with van der Waals surface area (Å²) in [5, 5.41) is 9.75. The van der Waals surface area contributed by atoms with Crippen LogP contribution in [0, 0.1) is 0 Å². The first-order valence-corrected chi connectivity index (χ1v) is 6.16. The van der Waals surface area contributed by atoms with E-state index in [9.17, 15) is 22.7 Å². The van der Waals surface area contributed by atoms with E-state index in [1.54, 1.807) is 0 Å². The van der Waals surface area contributed by atoms with Crippen molar-refractivity contribution < 1.29 is 27.4 Å². The molecule has 0 bridgehead atoms. The maximum Gasteiger partial charge on any atom is 0.461 e. The lowest BCUT2D eigenvalue weighted by Crippen LogP contribution is -2.33. The number of aliphatic hydroxyl groups excluding tert-OH is 1. The van der Waals surface area contributed by atoms with Crippen molar-refractivity contribution in [3.63, 3.8) is 0 Å². The predicted molar refractivity (Wildman–Crippen MR) is 73.1 cm³/mol. The van der Waals surface area contributed by atoms with Crippen LogP contribution in [-0.4, -0.2) is 23.7 Å². The van der Waals surface area contributed by atoms with Gasteiger partial charge in [-0.15, -0.1) is 12.4 Å². The number of ether oxygens (including phenoxy) is 1. The van der Waals surface area contributed by atoms with E-state index in [0.717, 1.165) is 12.1 Å². The Hall–Kier alpha value is -1.05. The molecule has 0 aromatic heterocycles. The highest BCUT2D eigenvalue weighted by molar-refractivity contribution is 5.85. The summed E-state index contributed by atoms with van der Waals surface area (Å²) in [6.07, 6.45) is -8.19. The summed E-state index contributed by atoms with van der Waals surface area (Å²) in [6, 6.07) is 4.32. The smallest absolute Gasteiger partial charge is 0.428 e. The molecule has 0 aliphatic heterocycles. The Bertz CT molecular complexity index is 434. The number of benzene rings is 1. The number of halogens is 5. The summed E-state index contributed by atoms with van der Waals surface area (Å²) >= 11 is 0. The van der Waals surface area contributed by atoms with Crippen molar-refractivity contribution in [2.45, 2.75) is 44.4 Å². The molecule has 0 saturated carbocycles. The average Bonchev–Trinajstić information content (AvgIpc) is 2.37. The summed E-state index contributed by atoms with van der Waals surface area (Å²) in [6.45, 7) is 1.86. The van der Waals surface area contributed by atoms with E-state index >= 15 is 0 Å². The monoisotopic (exact) mass is 331 g/mol. The first kappa shape index (κ1) is 19.9. The van der Waals surface area contributed by atoms with Gasteiger partial charge in [0, 0.05) is 0 Å². The Morgan fingerprint density at radius 1 is 1.33 bits per heavy atom. The van der Waals surface area contributed by atoms with Gasteiger partial charge in [-0.05, 0) is 24.1 Å². The van der Waals surface area contributed by atoms with Gasteiger partial charge in [0.15, 0.2) is 0 Å². The van der Waals surface area contributed by atoms with Crippen molar-refractivity contribution in [2.24, 2.45) is 5.73 Å². The van der Waals surface area contributed by atoms with E-state index in [2.05, 4.69) is 4.74 Å². The number of hydrogen-bond acceptors (Lipinski definition) is 3. The number of hydrogen-bond donors (Lipinski definition) is 2. The standard InChI is InChI=1S/C13H17F4NO2.ClH/c1-2-4-10(19)11(18)8-5-3-6-9(7-8)20-13(16,17)12(14)15;/h3,5-7,10-12,19H,2,4,18H2,1H3;1H/t10-,11+;/m0./s1. The molecule has 0 spiro atoms. The third-order valence-corrected chi connectivity index (χ3v) is 2.75. The van der Waals surface area contributed by atoms with Gasteiger partial charge in [-0.2, -0.15) is 17.6 Å². The van der Waals surface area contributed by atoms with Crippen molar-refractivity contribution >= 4 is 12.4 Å². The zero-order chi connectivity index (χ0) is 15.3. The molecule has 0 saturated heterocycles. The van der Waals surface area contributed by atoms with E-state index in [1.807, 2.05) is 6.92 Å². The SMILES string of the molecule is CCC[C@H](O)[C@H](N)c1cccc(OC(F)(F)C(F)F)c1.Cl. The molecule has 3 nitrogen and oxygen atoms in total. The molecule has 0 radical (unpaired) electrons. The molecule has 1 aromatic rings. The summed E-state index contributed by atoms with van der Waals surface area (Å²) < 4.78 is 53.6. The average molecular weight is 332 g/mol. The van der Waals surface area contributed by atoms with E-state index in [0.29, 0.717) is 18.4 Å². The van der Waals surface area contributed by atoms with Crippen LogP contribution in [-0.2, 0) is 0 Å². The van der Waals surface area contributed by atoms with Gasteiger partial charge in [0.05, 0.1) is 12.1 Å². The Morgan fingerprint density at radius 3 is 2.48 bits per heavy atom. The topological polar surface area (TPSA) is 55.5 Å². The van der Waals surface area contributed by atoms with Crippen molar-refractivity contribution in [2.75, 3.05) is 0 Å². The number of nitrogens with two attached hydrogens (primary N) is 1. The predicted octanol–water partition coefficient (Wildman–Crippen LogP) is 3.51. The zero-order valence-corrected chi connectivity index (χ0v) is 12.1. The zero-order valence-electron chi connectivity index (χ0n) is 11.3. The van der Waals surface area contributed by atoms with Crippen LogP contribution in [0.5, 0.6) is 5.75 Å². The van der Waals surface area contributed by atoms with E-state index < -0.39 is 30.4 Å². The first-order valence-electron chi connectivity index (χ1n) is 6.16. The summed E-state index contributed by atoms with van der Waals surface area (Å²) in [5.41, 5.74) is 6.12. The van der Waals surface area contributed by atoms with Gasteiger partial charge in [-0.3, -0.25) is 0 Å². The second kappa shape index (κ2) is 8.41. The van der Waals surface area contributed by atoms with Gasteiger partial charge in [-0.1, -0.05) is 25.5 Å². The fourth-order valence-corrected chi connectivity index (χ4v) is 1.68. The van der Waals surface area contributed by atoms with E-state index in [4.69, 9.17) is 5.73 Å². The fourth-order valence-electron chi connectivity index (χ4n) is 1.68. The Kier molecular flexibility index (Phi) is 7.99. The molecular weight excluding hydrogens is 314 g/mol. The number of rotatable bonds is 7. The second-order valence-electron chi connectivity index (χ2n) is 4.42. The lowest BCUT2D eigenvalue weighted by atomic mass is 9.99. The van der Waals surface area contributed by atoms with Crippen LogP contribution in [0.1, 0.15) is 31.4 Å². The van der Waals surface area contributed by atoms with Crippen molar-refractivity contribution in [3.8, 4) is 5.75 Å².